The van der Waals surface area contributed by atoms with Crippen molar-refractivity contribution in [2.75, 3.05) is 11.2 Å². The molecule has 0 aromatic heterocycles. The summed E-state index contributed by atoms with van der Waals surface area (Å²) in [6.45, 7) is 0. The van der Waals surface area contributed by atoms with Gasteiger partial charge in [0.15, 0.2) is 5.17 Å². The van der Waals surface area contributed by atoms with Gasteiger partial charge in [-0.3, -0.25) is 9.69 Å². The number of carbonyl (C=O) groups excluding carboxylic acids is 1. The summed E-state index contributed by atoms with van der Waals surface area (Å²) >= 11 is 13.2. The molecule has 1 heterocycles. The minimum Gasteiger partial charge on any atom is -0.266 e. The number of amides is 1. The van der Waals surface area contributed by atoms with Gasteiger partial charge < -0.3 is 0 Å². The lowest BCUT2D eigenvalue weighted by Gasteiger charge is -2.17. The molecule has 1 aliphatic heterocycles. The summed E-state index contributed by atoms with van der Waals surface area (Å²) in [5, 5.41) is 1.23. The number of aliphatic imine (C=N–C) groups is 1. The Hall–Kier alpha value is -1.82. The highest BCUT2D eigenvalue weighted by atomic mass is 35.5. The van der Waals surface area contributed by atoms with Gasteiger partial charge in [-0.25, -0.2) is 9.38 Å². The Morgan fingerprint density at radius 1 is 1.17 bits per heavy atom. The molecule has 0 N–H and O–H groups in total. The molecule has 0 aliphatic carbocycles. The monoisotopic (exact) mass is 380 g/mol. The van der Waals surface area contributed by atoms with Crippen LogP contribution in [-0.4, -0.2) is 17.3 Å². The number of rotatable bonds is 2. The van der Waals surface area contributed by atoms with Gasteiger partial charge in [0.2, 0.25) is 0 Å². The molecule has 0 atom stereocenters. The van der Waals surface area contributed by atoms with E-state index in [2.05, 4.69) is 4.99 Å². The first kappa shape index (κ1) is 17.0. The van der Waals surface area contributed by atoms with Crippen molar-refractivity contribution >= 4 is 57.8 Å². The van der Waals surface area contributed by atoms with Crippen LogP contribution in [0, 0.1) is 5.82 Å². The maximum absolute atomic E-state index is 14.1. The molecular formula is C17H11Cl2FN2OS. The molecule has 2 aromatic carbocycles. The highest BCUT2D eigenvalue weighted by Crippen LogP contribution is 2.31. The van der Waals surface area contributed by atoms with Crippen LogP contribution in [0.25, 0.3) is 6.08 Å². The number of halogens is 3. The van der Waals surface area contributed by atoms with Crippen molar-refractivity contribution < 1.29 is 9.18 Å². The van der Waals surface area contributed by atoms with Crippen LogP contribution in [0.5, 0.6) is 0 Å². The van der Waals surface area contributed by atoms with Crippen molar-refractivity contribution in [3.8, 4) is 0 Å². The van der Waals surface area contributed by atoms with E-state index in [-0.39, 0.29) is 11.4 Å². The number of anilines is 1. The van der Waals surface area contributed by atoms with Crippen LogP contribution in [0.1, 0.15) is 5.56 Å². The predicted octanol–water partition coefficient (Wildman–Crippen LogP) is 5.24. The van der Waals surface area contributed by atoms with Crippen molar-refractivity contribution in [1.29, 1.82) is 0 Å². The first-order valence-corrected chi connectivity index (χ1v) is 8.87. The molecule has 0 spiro atoms. The van der Waals surface area contributed by atoms with Crippen LogP contribution in [0.2, 0.25) is 10.0 Å². The average molecular weight is 381 g/mol. The summed E-state index contributed by atoms with van der Waals surface area (Å²) < 4.78 is 14.1. The Balaban J connectivity index is 2.01. The Bertz CT molecular complexity index is 883. The number of hydrogen-bond acceptors (Lipinski definition) is 3. The van der Waals surface area contributed by atoms with Crippen LogP contribution < -0.4 is 4.90 Å². The van der Waals surface area contributed by atoms with E-state index in [0.717, 1.165) is 0 Å². The van der Waals surface area contributed by atoms with Gasteiger partial charge in [0.1, 0.15) is 11.5 Å². The number of para-hydroxylation sites is 1. The van der Waals surface area contributed by atoms with Crippen molar-refractivity contribution in [3.63, 3.8) is 0 Å². The molecular weight excluding hydrogens is 370 g/mol. The lowest BCUT2D eigenvalue weighted by atomic mass is 10.2. The lowest BCUT2D eigenvalue weighted by molar-refractivity contribution is -0.113. The molecule has 2 aromatic rings. The largest absolute Gasteiger partial charge is 0.283 e. The Morgan fingerprint density at radius 3 is 2.58 bits per heavy atom. The number of amidine groups is 1. The van der Waals surface area contributed by atoms with Crippen LogP contribution in [0.15, 0.2) is 53.2 Å². The van der Waals surface area contributed by atoms with Crippen molar-refractivity contribution in [1.82, 2.24) is 0 Å². The summed E-state index contributed by atoms with van der Waals surface area (Å²) in [5.74, 6) is -0.876. The molecule has 0 radical (unpaired) electrons. The SMILES string of the molecule is CSC1=N/C(=C\c2ccc(Cl)c(Cl)c2)C(=O)N1c1ccccc1F. The standard InChI is InChI=1S/C17H11Cl2FN2OS/c1-24-17-21-14(9-10-6-7-11(18)12(19)8-10)16(23)22(17)15-5-3-2-4-13(15)20/h2-9H,1H3/b14-9-. The van der Waals surface area contributed by atoms with Gasteiger partial charge in [-0.1, -0.05) is 53.2 Å². The van der Waals surface area contributed by atoms with Gasteiger partial charge in [0, 0.05) is 0 Å². The molecule has 0 fully saturated rings. The van der Waals surface area contributed by atoms with Gasteiger partial charge in [-0.05, 0) is 42.2 Å². The molecule has 0 saturated heterocycles. The van der Waals surface area contributed by atoms with E-state index < -0.39 is 11.7 Å². The topological polar surface area (TPSA) is 32.7 Å². The van der Waals surface area contributed by atoms with Gasteiger partial charge in [-0.2, -0.15) is 0 Å². The second-order valence-electron chi connectivity index (χ2n) is 4.89. The number of thioether (sulfide) groups is 1. The molecule has 0 unspecified atom stereocenters. The smallest absolute Gasteiger partial charge is 0.266 e. The van der Waals surface area contributed by atoms with E-state index >= 15 is 0 Å². The zero-order valence-corrected chi connectivity index (χ0v) is 14.8. The van der Waals surface area contributed by atoms with E-state index in [1.807, 2.05) is 0 Å². The fraction of sp³-hybridized carbons (Fsp3) is 0.0588. The second-order valence-corrected chi connectivity index (χ2v) is 6.48. The van der Waals surface area contributed by atoms with Crippen molar-refractivity contribution in [2.45, 2.75) is 0 Å². The molecule has 3 rings (SSSR count). The molecule has 122 valence electrons. The molecule has 24 heavy (non-hydrogen) atoms. The zero-order valence-electron chi connectivity index (χ0n) is 12.5. The molecule has 0 bridgehead atoms. The zero-order chi connectivity index (χ0) is 17.3. The summed E-state index contributed by atoms with van der Waals surface area (Å²) in [6, 6.07) is 11.1. The van der Waals surface area contributed by atoms with E-state index in [1.54, 1.807) is 48.7 Å². The predicted molar refractivity (Wildman–Crippen MR) is 99.3 cm³/mol. The van der Waals surface area contributed by atoms with Gasteiger partial charge in [0.05, 0.1) is 15.7 Å². The summed E-state index contributed by atoms with van der Waals surface area (Å²) in [4.78, 5) is 18.3. The summed E-state index contributed by atoms with van der Waals surface area (Å²) in [6.07, 6.45) is 3.38. The Morgan fingerprint density at radius 2 is 1.92 bits per heavy atom. The van der Waals surface area contributed by atoms with E-state index in [4.69, 9.17) is 23.2 Å². The number of hydrogen-bond donors (Lipinski definition) is 0. The summed E-state index contributed by atoms with van der Waals surface area (Å²) in [7, 11) is 0. The number of carbonyl (C=O) groups is 1. The highest BCUT2D eigenvalue weighted by molar-refractivity contribution is 8.13. The first-order chi connectivity index (χ1) is 11.5. The van der Waals surface area contributed by atoms with Crippen molar-refractivity contribution in [3.05, 3.63) is 69.6 Å². The average Bonchev–Trinajstić information content (AvgIpc) is 2.87. The van der Waals surface area contributed by atoms with E-state index in [0.29, 0.717) is 20.8 Å². The minimum absolute atomic E-state index is 0.174. The third-order valence-electron chi connectivity index (χ3n) is 3.35. The maximum Gasteiger partial charge on any atom is 0.283 e. The molecule has 1 amide bonds. The fourth-order valence-electron chi connectivity index (χ4n) is 2.24. The van der Waals surface area contributed by atoms with E-state index in [9.17, 15) is 9.18 Å². The minimum atomic E-state index is -0.483. The molecule has 0 saturated carbocycles. The third kappa shape index (κ3) is 3.20. The number of nitrogens with zero attached hydrogens (tertiary/aromatic N) is 2. The Labute approximate surface area is 152 Å². The maximum atomic E-state index is 14.1. The molecule has 7 heteroatoms. The normalized spacial score (nSPS) is 16.0. The molecule has 3 nitrogen and oxygen atoms in total. The van der Waals surface area contributed by atoms with Gasteiger partial charge >= 0.3 is 0 Å². The quantitative estimate of drug-likeness (QED) is 0.667. The lowest BCUT2D eigenvalue weighted by Crippen LogP contribution is -2.30. The highest BCUT2D eigenvalue weighted by Gasteiger charge is 2.32. The number of benzene rings is 2. The summed E-state index contributed by atoms with van der Waals surface area (Å²) in [5.41, 5.74) is 1.07. The van der Waals surface area contributed by atoms with Crippen LogP contribution in [-0.2, 0) is 4.79 Å². The third-order valence-corrected chi connectivity index (χ3v) is 4.73. The second kappa shape index (κ2) is 6.97. The first-order valence-electron chi connectivity index (χ1n) is 6.89. The fourth-order valence-corrected chi connectivity index (χ4v) is 3.10. The van der Waals surface area contributed by atoms with E-state index in [1.165, 1.54) is 22.7 Å². The van der Waals surface area contributed by atoms with Gasteiger partial charge in [0.25, 0.3) is 5.91 Å². The van der Waals surface area contributed by atoms with Crippen LogP contribution in [0.3, 0.4) is 0 Å². The van der Waals surface area contributed by atoms with Crippen molar-refractivity contribution in [2.24, 2.45) is 4.99 Å². The Kier molecular flexibility index (Phi) is 4.94. The van der Waals surface area contributed by atoms with Crippen LogP contribution in [0.4, 0.5) is 10.1 Å². The molecule has 1 aliphatic rings. The van der Waals surface area contributed by atoms with Gasteiger partial charge in [-0.15, -0.1) is 0 Å². The van der Waals surface area contributed by atoms with Crippen LogP contribution >= 0.6 is 35.0 Å².